The summed E-state index contributed by atoms with van der Waals surface area (Å²) in [6.45, 7) is 5.28. The first-order valence-corrected chi connectivity index (χ1v) is 7.08. The van der Waals surface area contributed by atoms with Crippen molar-refractivity contribution in [3.05, 3.63) is 18.1 Å². The van der Waals surface area contributed by atoms with Gasteiger partial charge in [0.2, 0.25) is 0 Å². The van der Waals surface area contributed by atoms with Crippen LogP contribution in [0.15, 0.2) is 12.4 Å². The first-order valence-electron chi connectivity index (χ1n) is 7.08. The molecule has 4 nitrogen and oxygen atoms in total. The lowest BCUT2D eigenvalue weighted by Crippen LogP contribution is -2.62. The fourth-order valence-corrected chi connectivity index (χ4v) is 3.50. The molecule has 1 aromatic heterocycles. The minimum atomic E-state index is 0.289. The largest absolute Gasteiger partial charge is 0.347 e. The van der Waals surface area contributed by atoms with Gasteiger partial charge in [-0.15, -0.1) is 0 Å². The van der Waals surface area contributed by atoms with Gasteiger partial charge in [-0.05, 0) is 19.8 Å². The minimum absolute atomic E-state index is 0.289. The van der Waals surface area contributed by atoms with Crippen LogP contribution in [0.5, 0.6) is 0 Å². The van der Waals surface area contributed by atoms with Gasteiger partial charge in [0.05, 0.1) is 11.2 Å². The van der Waals surface area contributed by atoms with Crippen molar-refractivity contribution in [1.82, 2.24) is 15.3 Å². The Morgan fingerprint density at radius 3 is 2.72 bits per heavy atom. The quantitative estimate of drug-likeness (QED) is 0.821. The zero-order valence-electron chi connectivity index (χ0n) is 11.2. The van der Waals surface area contributed by atoms with Crippen LogP contribution in [0.4, 0.5) is 5.82 Å². The van der Waals surface area contributed by atoms with Crippen molar-refractivity contribution in [1.29, 1.82) is 0 Å². The molecule has 1 saturated heterocycles. The van der Waals surface area contributed by atoms with Gasteiger partial charge in [-0.1, -0.05) is 19.3 Å². The van der Waals surface area contributed by atoms with Gasteiger partial charge in [-0.2, -0.15) is 0 Å². The van der Waals surface area contributed by atoms with E-state index in [0.717, 1.165) is 31.1 Å². The molecular weight excluding hydrogens is 224 g/mol. The number of nitrogens with one attached hydrogen (secondary N) is 1. The summed E-state index contributed by atoms with van der Waals surface area (Å²) >= 11 is 0. The molecule has 2 heterocycles. The molecule has 2 fully saturated rings. The number of nitrogens with zero attached hydrogens (tertiary/aromatic N) is 3. The average molecular weight is 246 g/mol. The Morgan fingerprint density at radius 1 is 1.17 bits per heavy atom. The SMILES string of the molecule is Cc1nccnc1N1CCNCC12CCCCC2. The average Bonchev–Trinajstić information content (AvgIpc) is 2.41. The first kappa shape index (κ1) is 11.9. The summed E-state index contributed by atoms with van der Waals surface area (Å²) in [7, 11) is 0. The van der Waals surface area contributed by atoms with Gasteiger partial charge in [-0.25, -0.2) is 4.98 Å². The van der Waals surface area contributed by atoms with Gasteiger partial charge >= 0.3 is 0 Å². The van der Waals surface area contributed by atoms with E-state index < -0.39 is 0 Å². The molecule has 1 aliphatic heterocycles. The molecule has 0 amide bonds. The fourth-order valence-electron chi connectivity index (χ4n) is 3.50. The smallest absolute Gasteiger partial charge is 0.150 e. The highest BCUT2D eigenvalue weighted by molar-refractivity contribution is 5.47. The van der Waals surface area contributed by atoms with E-state index in [1.807, 2.05) is 6.20 Å². The van der Waals surface area contributed by atoms with Crippen LogP contribution in [0.25, 0.3) is 0 Å². The zero-order chi connectivity index (χ0) is 12.4. The van der Waals surface area contributed by atoms with Crippen molar-refractivity contribution in [2.45, 2.75) is 44.6 Å². The monoisotopic (exact) mass is 246 g/mol. The Morgan fingerprint density at radius 2 is 1.94 bits per heavy atom. The Bertz CT molecular complexity index is 404. The maximum Gasteiger partial charge on any atom is 0.150 e. The van der Waals surface area contributed by atoms with Gasteiger partial charge in [-0.3, -0.25) is 4.98 Å². The van der Waals surface area contributed by atoms with Gasteiger partial charge in [0, 0.05) is 32.0 Å². The molecule has 3 rings (SSSR count). The molecule has 0 atom stereocenters. The second-order valence-electron chi connectivity index (χ2n) is 5.58. The molecule has 2 aliphatic rings. The van der Waals surface area contributed by atoms with E-state index in [4.69, 9.17) is 0 Å². The lowest BCUT2D eigenvalue weighted by molar-refractivity contribution is 0.239. The topological polar surface area (TPSA) is 41.1 Å². The number of aryl methyl sites for hydroxylation is 1. The van der Waals surface area contributed by atoms with E-state index in [9.17, 15) is 0 Å². The molecule has 1 saturated carbocycles. The predicted molar refractivity (Wildman–Crippen MR) is 72.8 cm³/mol. The van der Waals surface area contributed by atoms with Crippen molar-refractivity contribution in [3.63, 3.8) is 0 Å². The van der Waals surface area contributed by atoms with Crippen molar-refractivity contribution in [2.24, 2.45) is 0 Å². The standard InChI is InChI=1S/C14H22N4/c1-12-13(17-8-7-16-12)18-10-9-15-11-14(18)5-3-2-4-6-14/h7-8,15H,2-6,9-11H2,1H3. The lowest BCUT2D eigenvalue weighted by atomic mass is 9.79. The first-order chi connectivity index (χ1) is 8.82. The molecular formula is C14H22N4. The summed E-state index contributed by atoms with van der Waals surface area (Å²) in [5, 5.41) is 3.57. The number of hydrogen-bond donors (Lipinski definition) is 1. The fraction of sp³-hybridized carbons (Fsp3) is 0.714. The van der Waals surface area contributed by atoms with E-state index >= 15 is 0 Å². The summed E-state index contributed by atoms with van der Waals surface area (Å²) in [5.41, 5.74) is 1.35. The summed E-state index contributed by atoms with van der Waals surface area (Å²) < 4.78 is 0. The molecule has 4 heteroatoms. The minimum Gasteiger partial charge on any atom is -0.347 e. The third-order valence-electron chi connectivity index (χ3n) is 4.43. The van der Waals surface area contributed by atoms with Crippen LogP contribution in [0, 0.1) is 6.92 Å². The summed E-state index contributed by atoms with van der Waals surface area (Å²) in [5.74, 6) is 1.10. The van der Waals surface area contributed by atoms with E-state index in [2.05, 4.69) is 27.1 Å². The Labute approximate surface area is 109 Å². The van der Waals surface area contributed by atoms with Crippen molar-refractivity contribution < 1.29 is 0 Å². The highest BCUT2D eigenvalue weighted by Gasteiger charge is 2.40. The number of aromatic nitrogens is 2. The predicted octanol–water partition coefficient (Wildman–Crippen LogP) is 1.90. The molecule has 1 aromatic rings. The molecule has 1 spiro atoms. The van der Waals surface area contributed by atoms with Crippen LogP contribution in [0.1, 0.15) is 37.8 Å². The molecule has 0 radical (unpaired) electrons. The molecule has 1 aliphatic carbocycles. The maximum atomic E-state index is 4.59. The third kappa shape index (κ3) is 1.99. The van der Waals surface area contributed by atoms with Crippen LogP contribution in [-0.2, 0) is 0 Å². The van der Waals surface area contributed by atoms with Crippen molar-refractivity contribution in [2.75, 3.05) is 24.5 Å². The number of hydrogen-bond acceptors (Lipinski definition) is 4. The van der Waals surface area contributed by atoms with E-state index in [-0.39, 0.29) is 5.54 Å². The maximum absolute atomic E-state index is 4.59. The summed E-state index contributed by atoms with van der Waals surface area (Å²) in [6, 6.07) is 0. The van der Waals surface area contributed by atoms with Gasteiger partial charge in [0.15, 0.2) is 5.82 Å². The van der Waals surface area contributed by atoms with E-state index in [1.165, 1.54) is 32.1 Å². The molecule has 0 bridgehead atoms. The van der Waals surface area contributed by atoms with Crippen LogP contribution in [0.2, 0.25) is 0 Å². The van der Waals surface area contributed by atoms with Crippen LogP contribution < -0.4 is 10.2 Å². The third-order valence-corrected chi connectivity index (χ3v) is 4.43. The Hall–Kier alpha value is -1.16. The number of rotatable bonds is 1. The molecule has 18 heavy (non-hydrogen) atoms. The Balaban J connectivity index is 1.94. The molecule has 98 valence electrons. The van der Waals surface area contributed by atoms with Crippen LogP contribution in [0.3, 0.4) is 0 Å². The van der Waals surface area contributed by atoms with Crippen molar-refractivity contribution in [3.8, 4) is 0 Å². The zero-order valence-corrected chi connectivity index (χ0v) is 11.2. The second-order valence-corrected chi connectivity index (χ2v) is 5.58. The van der Waals surface area contributed by atoms with Gasteiger partial charge in [0.1, 0.15) is 0 Å². The van der Waals surface area contributed by atoms with E-state index in [1.54, 1.807) is 6.20 Å². The van der Waals surface area contributed by atoms with E-state index in [0.29, 0.717) is 0 Å². The Kier molecular flexibility index (Phi) is 3.20. The molecule has 1 N–H and O–H groups in total. The van der Waals surface area contributed by atoms with Crippen molar-refractivity contribution >= 4 is 5.82 Å². The summed E-state index contributed by atoms with van der Waals surface area (Å²) in [4.78, 5) is 11.5. The lowest BCUT2D eigenvalue weighted by Gasteiger charge is -2.50. The van der Waals surface area contributed by atoms with Crippen LogP contribution >= 0.6 is 0 Å². The number of anilines is 1. The number of piperazine rings is 1. The highest BCUT2D eigenvalue weighted by Crippen LogP contribution is 2.37. The highest BCUT2D eigenvalue weighted by atomic mass is 15.3. The molecule has 0 unspecified atom stereocenters. The van der Waals surface area contributed by atoms with Crippen LogP contribution in [-0.4, -0.2) is 35.1 Å². The second kappa shape index (κ2) is 4.84. The van der Waals surface area contributed by atoms with Gasteiger partial charge < -0.3 is 10.2 Å². The normalized spacial score (nSPS) is 23.3. The molecule has 0 aromatic carbocycles. The van der Waals surface area contributed by atoms with Gasteiger partial charge in [0.25, 0.3) is 0 Å². The summed E-state index contributed by atoms with van der Waals surface area (Å²) in [6.07, 6.45) is 10.3.